The smallest absolute Gasteiger partial charge is 0.289 e. The van der Waals surface area contributed by atoms with Gasteiger partial charge in [-0.05, 0) is 12.8 Å². The molecule has 0 atom stereocenters. The molecule has 0 spiro atoms. The zero-order valence-electron chi connectivity index (χ0n) is 9.20. The average molecular weight is 255 g/mol. The van der Waals surface area contributed by atoms with Gasteiger partial charge in [0.25, 0.3) is 11.7 Å². The summed E-state index contributed by atoms with van der Waals surface area (Å²) in [5.74, 6) is -1.71. The summed E-state index contributed by atoms with van der Waals surface area (Å²) in [7, 11) is 1.65. The minimum absolute atomic E-state index is 0.0215. The number of aromatic nitrogens is 1. The highest BCUT2D eigenvalue weighted by atomic mass is 35.5. The number of nitrogens with zero attached hydrogens (tertiary/aromatic N) is 1. The van der Waals surface area contributed by atoms with Gasteiger partial charge in [-0.15, -0.1) is 0 Å². The third-order valence-electron chi connectivity index (χ3n) is 2.95. The first-order valence-electron chi connectivity index (χ1n) is 5.16. The molecule has 0 aromatic carbocycles. The lowest BCUT2D eigenvalue weighted by Gasteiger charge is -2.04. The SMILES string of the molecule is Cn1c(C=O)c(Cl)c(C(=O)C(N)=O)c1C1CC1. The molecule has 1 aliphatic carbocycles. The minimum atomic E-state index is -1.06. The molecule has 0 aliphatic heterocycles. The topological polar surface area (TPSA) is 82.2 Å². The molecule has 1 aliphatic rings. The number of ketones is 1. The van der Waals surface area contributed by atoms with Crippen molar-refractivity contribution in [2.24, 2.45) is 12.8 Å². The van der Waals surface area contributed by atoms with Crippen LogP contribution < -0.4 is 5.73 Å². The Morgan fingerprint density at radius 1 is 1.47 bits per heavy atom. The van der Waals surface area contributed by atoms with Crippen molar-refractivity contribution in [3.05, 3.63) is 22.0 Å². The van der Waals surface area contributed by atoms with E-state index in [0.717, 1.165) is 12.8 Å². The van der Waals surface area contributed by atoms with E-state index in [2.05, 4.69) is 0 Å². The van der Waals surface area contributed by atoms with E-state index in [4.69, 9.17) is 17.3 Å². The van der Waals surface area contributed by atoms with E-state index >= 15 is 0 Å². The number of carbonyl (C=O) groups is 3. The summed E-state index contributed by atoms with van der Waals surface area (Å²) in [6.45, 7) is 0. The van der Waals surface area contributed by atoms with Crippen molar-refractivity contribution in [1.82, 2.24) is 4.57 Å². The highest BCUT2D eigenvalue weighted by Gasteiger charge is 2.36. The first-order chi connectivity index (χ1) is 7.99. The first kappa shape index (κ1) is 11.9. The Bertz CT molecular complexity index is 529. The van der Waals surface area contributed by atoms with Crippen LogP contribution in [0.5, 0.6) is 0 Å². The van der Waals surface area contributed by atoms with E-state index in [0.29, 0.717) is 12.0 Å². The summed E-state index contributed by atoms with van der Waals surface area (Å²) in [6.07, 6.45) is 2.42. The number of hydrogen-bond donors (Lipinski definition) is 1. The molecule has 2 N–H and O–H groups in total. The lowest BCUT2D eigenvalue weighted by Crippen LogP contribution is -2.24. The number of nitrogens with two attached hydrogens (primary N) is 1. The highest BCUT2D eigenvalue weighted by molar-refractivity contribution is 6.47. The largest absolute Gasteiger partial charge is 0.363 e. The van der Waals surface area contributed by atoms with Gasteiger partial charge in [-0.2, -0.15) is 0 Å². The normalized spacial score (nSPS) is 14.7. The molecule has 2 rings (SSSR count). The fraction of sp³-hybridized carbons (Fsp3) is 0.364. The molecular formula is C11H11ClN2O3. The summed E-state index contributed by atoms with van der Waals surface area (Å²) in [5, 5.41) is 0.0215. The molecule has 0 saturated heterocycles. The molecular weight excluding hydrogens is 244 g/mol. The molecule has 6 heteroatoms. The third kappa shape index (κ3) is 1.76. The van der Waals surface area contributed by atoms with E-state index in [1.165, 1.54) is 0 Å². The predicted octanol–water partition coefficient (Wildman–Crippen LogP) is 1.04. The molecule has 5 nitrogen and oxygen atoms in total. The number of halogens is 1. The number of amides is 1. The number of Topliss-reactive ketones (excluding diaryl/α,β-unsaturated/α-hetero) is 1. The predicted molar refractivity (Wildman–Crippen MR) is 61.3 cm³/mol. The van der Waals surface area contributed by atoms with Crippen LogP contribution in [0.25, 0.3) is 0 Å². The third-order valence-corrected chi connectivity index (χ3v) is 3.33. The maximum absolute atomic E-state index is 11.7. The Balaban J connectivity index is 2.67. The van der Waals surface area contributed by atoms with E-state index in [1.807, 2.05) is 0 Å². The zero-order valence-corrected chi connectivity index (χ0v) is 9.95. The Kier molecular flexibility index (Phi) is 2.79. The molecule has 1 heterocycles. The maximum Gasteiger partial charge on any atom is 0.289 e. The maximum atomic E-state index is 11.7. The van der Waals surface area contributed by atoms with E-state index in [1.54, 1.807) is 11.6 Å². The second-order valence-electron chi connectivity index (χ2n) is 4.10. The van der Waals surface area contributed by atoms with Crippen molar-refractivity contribution in [2.45, 2.75) is 18.8 Å². The van der Waals surface area contributed by atoms with Crippen LogP contribution in [0.3, 0.4) is 0 Å². The van der Waals surface area contributed by atoms with Crippen LogP contribution in [0.2, 0.25) is 5.02 Å². The fourth-order valence-electron chi connectivity index (χ4n) is 1.99. The highest BCUT2D eigenvalue weighted by Crippen LogP contribution is 2.44. The van der Waals surface area contributed by atoms with Crippen molar-refractivity contribution in [2.75, 3.05) is 0 Å². The van der Waals surface area contributed by atoms with Crippen LogP contribution in [0.4, 0.5) is 0 Å². The Morgan fingerprint density at radius 2 is 2.06 bits per heavy atom. The molecule has 0 bridgehead atoms. The summed E-state index contributed by atoms with van der Waals surface area (Å²) < 4.78 is 1.57. The monoisotopic (exact) mass is 254 g/mol. The van der Waals surface area contributed by atoms with Gasteiger partial charge >= 0.3 is 0 Å². The lowest BCUT2D eigenvalue weighted by molar-refractivity contribution is -0.114. The van der Waals surface area contributed by atoms with Crippen molar-refractivity contribution >= 4 is 29.6 Å². The number of rotatable bonds is 4. The number of carbonyl (C=O) groups excluding carboxylic acids is 3. The Hall–Kier alpha value is -1.62. The number of aldehydes is 1. The Morgan fingerprint density at radius 3 is 2.47 bits per heavy atom. The molecule has 1 aromatic heterocycles. The molecule has 1 fully saturated rings. The molecule has 90 valence electrons. The van der Waals surface area contributed by atoms with Crippen LogP contribution >= 0.6 is 11.6 Å². The van der Waals surface area contributed by atoms with E-state index in [-0.39, 0.29) is 22.2 Å². The van der Waals surface area contributed by atoms with Gasteiger partial charge < -0.3 is 10.3 Å². The van der Waals surface area contributed by atoms with Crippen LogP contribution in [0.1, 0.15) is 45.3 Å². The van der Waals surface area contributed by atoms with Crippen LogP contribution in [-0.2, 0) is 11.8 Å². The molecule has 1 amide bonds. The van der Waals surface area contributed by atoms with Gasteiger partial charge in [-0.3, -0.25) is 14.4 Å². The summed E-state index contributed by atoms with van der Waals surface area (Å²) >= 11 is 5.96. The minimum Gasteiger partial charge on any atom is -0.363 e. The molecule has 17 heavy (non-hydrogen) atoms. The van der Waals surface area contributed by atoms with Crippen molar-refractivity contribution in [3.8, 4) is 0 Å². The van der Waals surface area contributed by atoms with Crippen LogP contribution in [0.15, 0.2) is 0 Å². The van der Waals surface area contributed by atoms with Crippen LogP contribution in [-0.4, -0.2) is 22.5 Å². The van der Waals surface area contributed by atoms with Gasteiger partial charge in [0, 0.05) is 18.7 Å². The summed E-state index contributed by atoms with van der Waals surface area (Å²) in [4.78, 5) is 33.6. The summed E-state index contributed by atoms with van der Waals surface area (Å²) in [6, 6.07) is 0. The fourth-order valence-corrected chi connectivity index (χ4v) is 2.34. The van der Waals surface area contributed by atoms with Gasteiger partial charge in [0.15, 0.2) is 6.29 Å². The second kappa shape index (κ2) is 4.00. The van der Waals surface area contributed by atoms with Gasteiger partial charge in [0.05, 0.1) is 10.6 Å². The van der Waals surface area contributed by atoms with Crippen LogP contribution in [0, 0.1) is 0 Å². The lowest BCUT2D eigenvalue weighted by atomic mass is 10.1. The van der Waals surface area contributed by atoms with Gasteiger partial charge in [0.1, 0.15) is 5.69 Å². The molecule has 0 unspecified atom stereocenters. The second-order valence-corrected chi connectivity index (χ2v) is 4.48. The van der Waals surface area contributed by atoms with E-state index in [9.17, 15) is 14.4 Å². The van der Waals surface area contributed by atoms with Crippen molar-refractivity contribution in [3.63, 3.8) is 0 Å². The number of primary amides is 1. The molecule has 1 saturated carbocycles. The van der Waals surface area contributed by atoms with Crippen molar-refractivity contribution < 1.29 is 14.4 Å². The molecule has 1 aromatic rings. The van der Waals surface area contributed by atoms with E-state index < -0.39 is 11.7 Å². The van der Waals surface area contributed by atoms with Gasteiger partial charge in [0.2, 0.25) is 0 Å². The van der Waals surface area contributed by atoms with Gasteiger partial charge in [-0.25, -0.2) is 0 Å². The Labute approximate surface area is 103 Å². The quantitative estimate of drug-likeness (QED) is 0.495. The number of hydrogen-bond acceptors (Lipinski definition) is 3. The average Bonchev–Trinajstić information content (AvgIpc) is 3.05. The van der Waals surface area contributed by atoms with Gasteiger partial charge in [-0.1, -0.05) is 11.6 Å². The standard InChI is InChI=1S/C11H11ClN2O3/c1-14-6(4-15)8(12)7(10(16)11(13)17)9(14)5-2-3-5/h4-5H,2-3H2,1H3,(H2,13,17). The first-order valence-corrected chi connectivity index (χ1v) is 5.54. The summed E-state index contributed by atoms with van der Waals surface area (Å²) in [5.41, 5.74) is 5.92. The van der Waals surface area contributed by atoms with Crippen molar-refractivity contribution in [1.29, 1.82) is 0 Å². The zero-order chi connectivity index (χ0) is 12.7. The molecule has 0 radical (unpaired) electrons.